The second-order valence-electron chi connectivity index (χ2n) is 7.18. The first-order valence-corrected chi connectivity index (χ1v) is 7.77. The van der Waals surface area contributed by atoms with Gasteiger partial charge in [0.25, 0.3) is 0 Å². The van der Waals surface area contributed by atoms with Crippen LogP contribution in [-0.4, -0.2) is 18.3 Å². The van der Waals surface area contributed by atoms with Crippen molar-refractivity contribution in [2.75, 3.05) is 0 Å². The Hall–Kier alpha value is -1.06. The van der Waals surface area contributed by atoms with E-state index in [0.717, 1.165) is 6.32 Å². The van der Waals surface area contributed by atoms with Gasteiger partial charge < -0.3 is 9.31 Å². The minimum Gasteiger partial charge on any atom is -0.403 e. The molecule has 0 radical (unpaired) electrons. The average molecular weight is 286 g/mol. The van der Waals surface area contributed by atoms with Crippen LogP contribution in [0.4, 0.5) is 0 Å². The predicted octanol–water partition coefficient (Wildman–Crippen LogP) is 4.83. The van der Waals surface area contributed by atoms with Crippen molar-refractivity contribution in [3.05, 3.63) is 47.5 Å². The van der Waals surface area contributed by atoms with Gasteiger partial charge in [0, 0.05) is 5.92 Å². The van der Waals surface area contributed by atoms with Gasteiger partial charge in [0.05, 0.1) is 11.2 Å². The molecule has 0 N–H and O–H groups in total. The third kappa shape index (κ3) is 3.78. The molecular formula is C18H27BO2. The van der Waals surface area contributed by atoms with Gasteiger partial charge >= 0.3 is 7.12 Å². The zero-order valence-electron chi connectivity index (χ0n) is 14.1. The molecule has 1 saturated heterocycles. The Morgan fingerprint density at radius 2 is 1.57 bits per heavy atom. The van der Waals surface area contributed by atoms with Crippen molar-refractivity contribution >= 4 is 7.12 Å². The van der Waals surface area contributed by atoms with Gasteiger partial charge in [0.15, 0.2) is 0 Å². The Morgan fingerprint density at radius 3 is 2.05 bits per heavy atom. The molecular weight excluding hydrogens is 259 g/mol. The van der Waals surface area contributed by atoms with Crippen LogP contribution < -0.4 is 0 Å². The zero-order chi connectivity index (χ0) is 15.7. The van der Waals surface area contributed by atoms with Crippen LogP contribution in [0.2, 0.25) is 6.32 Å². The molecule has 2 rings (SSSR count). The summed E-state index contributed by atoms with van der Waals surface area (Å²) in [5.74, 6) is 0.325. The highest BCUT2D eigenvalue weighted by Gasteiger charge is 2.51. The van der Waals surface area contributed by atoms with E-state index in [0.29, 0.717) is 5.92 Å². The third-order valence-corrected chi connectivity index (χ3v) is 4.51. The van der Waals surface area contributed by atoms with Crippen LogP contribution in [0.15, 0.2) is 42.0 Å². The highest BCUT2D eigenvalue weighted by atomic mass is 16.7. The summed E-state index contributed by atoms with van der Waals surface area (Å²) in [7, 11) is -0.157. The number of rotatable bonds is 4. The van der Waals surface area contributed by atoms with Crippen LogP contribution >= 0.6 is 0 Å². The normalized spacial score (nSPS) is 21.1. The number of hydrogen-bond donors (Lipinski definition) is 0. The largest absolute Gasteiger partial charge is 0.458 e. The SMILES string of the molecule is CC(C)=CC(CB1OC(C)(C)C(C)(C)O1)c1ccccc1. The smallest absolute Gasteiger partial charge is 0.403 e. The van der Waals surface area contributed by atoms with Crippen molar-refractivity contribution in [2.45, 2.75) is 65.0 Å². The fourth-order valence-electron chi connectivity index (χ4n) is 2.67. The van der Waals surface area contributed by atoms with Crippen molar-refractivity contribution in [1.82, 2.24) is 0 Å². The Morgan fingerprint density at radius 1 is 1.05 bits per heavy atom. The summed E-state index contributed by atoms with van der Waals surface area (Å²) in [5.41, 5.74) is 2.11. The molecule has 1 atom stereocenters. The summed E-state index contributed by atoms with van der Waals surface area (Å²) in [6.45, 7) is 12.7. The maximum Gasteiger partial charge on any atom is 0.458 e. The number of benzene rings is 1. The van der Waals surface area contributed by atoms with E-state index in [1.165, 1.54) is 11.1 Å². The summed E-state index contributed by atoms with van der Waals surface area (Å²) >= 11 is 0. The Balaban J connectivity index is 2.17. The topological polar surface area (TPSA) is 18.5 Å². The maximum absolute atomic E-state index is 6.15. The van der Waals surface area contributed by atoms with Gasteiger partial charge in [-0.3, -0.25) is 0 Å². The van der Waals surface area contributed by atoms with Crippen LogP contribution in [0.5, 0.6) is 0 Å². The second kappa shape index (κ2) is 5.98. The molecule has 1 fully saturated rings. The highest BCUT2D eigenvalue weighted by molar-refractivity contribution is 6.45. The lowest BCUT2D eigenvalue weighted by molar-refractivity contribution is 0.00578. The van der Waals surface area contributed by atoms with Crippen molar-refractivity contribution < 1.29 is 9.31 Å². The predicted molar refractivity (Wildman–Crippen MR) is 89.5 cm³/mol. The standard InChI is InChI=1S/C18H27BO2/c1-14(2)12-16(15-10-8-7-9-11-15)13-19-20-17(3,4)18(5,6)21-19/h7-12,16H,13H2,1-6H3. The Kier molecular flexibility index (Phi) is 4.65. The molecule has 0 spiro atoms. The molecule has 1 aliphatic rings. The molecule has 0 aliphatic carbocycles. The molecule has 21 heavy (non-hydrogen) atoms. The van der Waals surface area contributed by atoms with Gasteiger partial charge in [-0.1, -0.05) is 42.0 Å². The number of allylic oxidation sites excluding steroid dienone is 2. The van der Waals surface area contributed by atoms with E-state index in [2.05, 4.69) is 78.0 Å². The molecule has 1 aromatic rings. The summed E-state index contributed by atoms with van der Waals surface area (Å²) in [6.07, 6.45) is 3.16. The summed E-state index contributed by atoms with van der Waals surface area (Å²) in [4.78, 5) is 0. The van der Waals surface area contributed by atoms with Crippen LogP contribution in [0, 0.1) is 0 Å². The van der Waals surface area contributed by atoms with Gasteiger partial charge in [0.1, 0.15) is 0 Å². The van der Waals surface area contributed by atoms with E-state index >= 15 is 0 Å². The maximum atomic E-state index is 6.15. The van der Waals surface area contributed by atoms with Crippen molar-refractivity contribution in [3.63, 3.8) is 0 Å². The number of hydrogen-bond acceptors (Lipinski definition) is 2. The molecule has 1 aromatic carbocycles. The summed E-state index contributed by atoms with van der Waals surface area (Å²) in [5, 5.41) is 0. The fourth-order valence-corrected chi connectivity index (χ4v) is 2.67. The molecule has 1 aliphatic heterocycles. The molecule has 0 amide bonds. The summed E-state index contributed by atoms with van der Waals surface area (Å²) in [6, 6.07) is 10.6. The first-order valence-electron chi connectivity index (χ1n) is 7.77. The minimum atomic E-state index is -0.260. The van der Waals surface area contributed by atoms with Crippen molar-refractivity contribution in [3.8, 4) is 0 Å². The van der Waals surface area contributed by atoms with Crippen LogP contribution in [0.1, 0.15) is 53.0 Å². The molecule has 0 bridgehead atoms. The molecule has 1 heterocycles. The Bertz CT molecular complexity index is 485. The van der Waals surface area contributed by atoms with Crippen molar-refractivity contribution in [2.24, 2.45) is 0 Å². The van der Waals surface area contributed by atoms with Gasteiger partial charge in [-0.25, -0.2) is 0 Å². The fraction of sp³-hybridized carbons (Fsp3) is 0.556. The lowest BCUT2D eigenvalue weighted by atomic mass is 9.74. The molecule has 0 saturated carbocycles. The van der Waals surface area contributed by atoms with E-state index in [1.807, 2.05) is 0 Å². The molecule has 1 unspecified atom stereocenters. The monoisotopic (exact) mass is 286 g/mol. The van der Waals surface area contributed by atoms with E-state index in [9.17, 15) is 0 Å². The quantitative estimate of drug-likeness (QED) is 0.583. The van der Waals surface area contributed by atoms with Gasteiger partial charge in [-0.2, -0.15) is 0 Å². The average Bonchev–Trinajstić information content (AvgIpc) is 2.57. The van der Waals surface area contributed by atoms with Gasteiger partial charge in [-0.05, 0) is 53.4 Å². The highest BCUT2D eigenvalue weighted by Crippen LogP contribution is 2.40. The van der Waals surface area contributed by atoms with E-state index < -0.39 is 0 Å². The first kappa shape index (κ1) is 16.3. The van der Waals surface area contributed by atoms with Crippen LogP contribution in [0.3, 0.4) is 0 Å². The van der Waals surface area contributed by atoms with E-state index in [-0.39, 0.29) is 18.3 Å². The van der Waals surface area contributed by atoms with Crippen LogP contribution in [-0.2, 0) is 9.31 Å². The van der Waals surface area contributed by atoms with Crippen LogP contribution in [0.25, 0.3) is 0 Å². The lowest BCUT2D eigenvalue weighted by Crippen LogP contribution is -2.41. The Labute approximate surface area is 129 Å². The second-order valence-corrected chi connectivity index (χ2v) is 7.18. The zero-order valence-corrected chi connectivity index (χ0v) is 14.1. The van der Waals surface area contributed by atoms with Crippen molar-refractivity contribution in [1.29, 1.82) is 0 Å². The lowest BCUT2D eigenvalue weighted by Gasteiger charge is -2.32. The first-order chi connectivity index (χ1) is 9.71. The minimum absolute atomic E-state index is 0.157. The molecule has 2 nitrogen and oxygen atoms in total. The van der Waals surface area contributed by atoms with Gasteiger partial charge in [-0.15, -0.1) is 0 Å². The molecule has 114 valence electrons. The molecule has 0 aromatic heterocycles. The summed E-state index contributed by atoms with van der Waals surface area (Å²) < 4.78 is 12.3. The van der Waals surface area contributed by atoms with E-state index in [4.69, 9.17) is 9.31 Å². The third-order valence-electron chi connectivity index (χ3n) is 4.51. The van der Waals surface area contributed by atoms with E-state index in [1.54, 1.807) is 0 Å². The van der Waals surface area contributed by atoms with Gasteiger partial charge in [0.2, 0.25) is 0 Å². The molecule has 3 heteroatoms.